The van der Waals surface area contributed by atoms with Gasteiger partial charge < -0.3 is 15.4 Å². The van der Waals surface area contributed by atoms with Gasteiger partial charge >= 0.3 is 0 Å². The Morgan fingerprint density at radius 1 is 1.37 bits per heavy atom. The summed E-state index contributed by atoms with van der Waals surface area (Å²) >= 11 is 0. The first-order valence-corrected chi connectivity index (χ1v) is 6.47. The topological polar surface area (TPSA) is 63.2 Å². The first kappa shape index (κ1) is 15.4. The van der Waals surface area contributed by atoms with Crippen molar-refractivity contribution >= 4 is 5.91 Å². The molecule has 106 valence electrons. The quantitative estimate of drug-likeness (QED) is 0.816. The van der Waals surface area contributed by atoms with Gasteiger partial charge in [0.05, 0.1) is 18.8 Å². The van der Waals surface area contributed by atoms with Gasteiger partial charge in [-0.1, -0.05) is 0 Å². The monoisotopic (exact) mass is 265 g/mol. The minimum Gasteiger partial charge on any atom is -0.497 e. The molecule has 0 radical (unpaired) electrons. The van der Waals surface area contributed by atoms with Crippen molar-refractivity contribution in [3.63, 3.8) is 0 Å². The van der Waals surface area contributed by atoms with Crippen LogP contribution in [0.25, 0.3) is 0 Å². The van der Waals surface area contributed by atoms with Crippen LogP contribution in [0.1, 0.15) is 32.2 Å². The molecule has 0 fully saturated rings. The molecule has 0 aliphatic rings. The maximum atomic E-state index is 11.7. The highest BCUT2D eigenvalue weighted by atomic mass is 16.5. The Morgan fingerprint density at radius 3 is 2.63 bits per heavy atom. The number of aryl methyl sites for hydroxylation is 1. The number of rotatable bonds is 6. The van der Waals surface area contributed by atoms with Crippen molar-refractivity contribution in [3.05, 3.63) is 23.5 Å². The average Bonchev–Trinajstić information content (AvgIpc) is 2.34. The van der Waals surface area contributed by atoms with E-state index in [-0.39, 0.29) is 18.0 Å². The molecule has 5 heteroatoms. The number of methoxy groups -OCH3 is 1. The van der Waals surface area contributed by atoms with E-state index in [1.807, 2.05) is 39.8 Å². The molecule has 1 amide bonds. The summed E-state index contributed by atoms with van der Waals surface area (Å²) in [4.78, 5) is 16.1. The lowest BCUT2D eigenvalue weighted by Gasteiger charge is -2.16. The van der Waals surface area contributed by atoms with Gasteiger partial charge in [-0.05, 0) is 27.7 Å². The van der Waals surface area contributed by atoms with Gasteiger partial charge in [-0.25, -0.2) is 0 Å². The first-order chi connectivity index (χ1) is 8.92. The van der Waals surface area contributed by atoms with Gasteiger partial charge in [0, 0.05) is 30.4 Å². The molecule has 2 N–H and O–H groups in total. The number of nitrogens with one attached hydrogen (secondary N) is 2. The molecular formula is C14H23N3O2. The molecule has 1 rings (SSSR count). The molecular weight excluding hydrogens is 242 g/mol. The number of carbonyl (C=O) groups is 1. The van der Waals surface area contributed by atoms with E-state index in [9.17, 15) is 4.79 Å². The fraction of sp³-hybridized carbons (Fsp3) is 0.571. The van der Waals surface area contributed by atoms with Gasteiger partial charge in [-0.15, -0.1) is 0 Å². The van der Waals surface area contributed by atoms with Crippen LogP contribution in [0.5, 0.6) is 5.75 Å². The molecule has 1 heterocycles. The van der Waals surface area contributed by atoms with Gasteiger partial charge in [0.1, 0.15) is 5.75 Å². The molecule has 0 bridgehead atoms. The highest BCUT2D eigenvalue weighted by Crippen LogP contribution is 2.13. The third-order valence-electron chi connectivity index (χ3n) is 2.63. The van der Waals surface area contributed by atoms with Crippen molar-refractivity contribution in [1.82, 2.24) is 15.6 Å². The predicted octanol–water partition coefficient (Wildman–Crippen LogP) is 1.40. The first-order valence-electron chi connectivity index (χ1n) is 6.47. The number of pyridine rings is 1. The lowest BCUT2D eigenvalue weighted by Crippen LogP contribution is -2.44. The third kappa shape index (κ3) is 5.26. The van der Waals surface area contributed by atoms with E-state index in [0.717, 1.165) is 17.1 Å². The van der Waals surface area contributed by atoms with Crippen LogP contribution in [-0.2, 0) is 11.3 Å². The third-order valence-corrected chi connectivity index (χ3v) is 2.63. The SMILES string of the molecule is COc1cc(C)nc(CNC(C)C(=O)NC(C)C)c1. The molecule has 0 aliphatic heterocycles. The lowest BCUT2D eigenvalue weighted by molar-refractivity contribution is -0.123. The number of hydrogen-bond acceptors (Lipinski definition) is 4. The van der Waals surface area contributed by atoms with E-state index < -0.39 is 0 Å². The van der Waals surface area contributed by atoms with E-state index >= 15 is 0 Å². The summed E-state index contributed by atoms with van der Waals surface area (Å²) in [7, 11) is 1.63. The summed E-state index contributed by atoms with van der Waals surface area (Å²) in [6.07, 6.45) is 0. The molecule has 5 nitrogen and oxygen atoms in total. The Labute approximate surface area is 114 Å². The van der Waals surface area contributed by atoms with E-state index in [4.69, 9.17) is 4.74 Å². The maximum absolute atomic E-state index is 11.7. The number of hydrogen-bond donors (Lipinski definition) is 2. The second kappa shape index (κ2) is 7.09. The van der Waals surface area contributed by atoms with Crippen molar-refractivity contribution in [1.29, 1.82) is 0 Å². The number of aromatic nitrogens is 1. The van der Waals surface area contributed by atoms with Gasteiger partial charge in [0.25, 0.3) is 0 Å². The zero-order chi connectivity index (χ0) is 14.4. The number of nitrogens with zero attached hydrogens (tertiary/aromatic N) is 1. The highest BCUT2D eigenvalue weighted by molar-refractivity contribution is 5.81. The van der Waals surface area contributed by atoms with E-state index in [1.54, 1.807) is 7.11 Å². The standard InChI is InChI=1S/C14H23N3O2/c1-9(2)16-14(18)11(4)15-8-12-7-13(19-5)6-10(3)17-12/h6-7,9,11,15H,8H2,1-5H3,(H,16,18). The van der Waals surface area contributed by atoms with E-state index in [2.05, 4.69) is 15.6 Å². The summed E-state index contributed by atoms with van der Waals surface area (Å²) in [5, 5.41) is 6.02. The van der Waals surface area contributed by atoms with E-state index in [0.29, 0.717) is 6.54 Å². The van der Waals surface area contributed by atoms with Crippen LogP contribution in [-0.4, -0.2) is 30.1 Å². The molecule has 0 spiro atoms. The maximum Gasteiger partial charge on any atom is 0.237 e. The molecule has 19 heavy (non-hydrogen) atoms. The van der Waals surface area contributed by atoms with Crippen LogP contribution in [0, 0.1) is 6.92 Å². The van der Waals surface area contributed by atoms with Crippen LogP contribution in [0.2, 0.25) is 0 Å². The smallest absolute Gasteiger partial charge is 0.237 e. The van der Waals surface area contributed by atoms with Crippen LogP contribution >= 0.6 is 0 Å². The average molecular weight is 265 g/mol. The van der Waals surface area contributed by atoms with Crippen molar-refractivity contribution in [2.45, 2.75) is 46.3 Å². The Morgan fingerprint density at radius 2 is 2.05 bits per heavy atom. The van der Waals surface area contributed by atoms with Crippen LogP contribution < -0.4 is 15.4 Å². The molecule has 0 saturated heterocycles. The lowest BCUT2D eigenvalue weighted by atomic mass is 10.2. The van der Waals surface area contributed by atoms with Crippen LogP contribution in [0.3, 0.4) is 0 Å². The van der Waals surface area contributed by atoms with Crippen molar-refractivity contribution < 1.29 is 9.53 Å². The summed E-state index contributed by atoms with van der Waals surface area (Å²) in [6.45, 7) is 8.17. The largest absolute Gasteiger partial charge is 0.497 e. The molecule has 1 aromatic heterocycles. The predicted molar refractivity (Wildman–Crippen MR) is 75.1 cm³/mol. The zero-order valence-electron chi connectivity index (χ0n) is 12.3. The molecule has 1 aromatic rings. The molecule has 1 atom stereocenters. The summed E-state index contributed by atoms with van der Waals surface area (Å²) in [6, 6.07) is 3.63. The molecule has 0 aliphatic carbocycles. The Hall–Kier alpha value is -1.62. The highest BCUT2D eigenvalue weighted by Gasteiger charge is 2.13. The number of amides is 1. The summed E-state index contributed by atoms with van der Waals surface area (Å²) < 4.78 is 5.20. The number of carbonyl (C=O) groups excluding carboxylic acids is 1. The Bertz CT molecular complexity index is 433. The normalized spacial score (nSPS) is 12.3. The van der Waals surface area contributed by atoms with Crippen molar-refractivity contribution in [3.8, 4) is 5.75 Å². The number of ether oxygens (including phenoxy) is 1. The van der Waals surface area contributed by atoms with Gasteiger partial charge in [0.2, 0.25) is 5.91 Å². The fourth-order valence-corrected chi connectivity index (χ4v) is 1.67. The second-order valence-corrected chi connectivity index (χ2v) is 4.91. The second-order valence-electron chi connectivity index (χ2n) is 4.91. The molecule has 0 saturated carbocycles. The van der Waals surface area contributed by atoms with Gasteiger partial charge in [-0.3, -0.25) is 9.78 Å². The summed E-state index contributed by atoms with van der Waals surface area (Å²) in [5.41, 5.74) is 1.76. The fourth-order valence-electron chi connectivity index (χ4n) is 1.67. The minimum atomic E-state index is -0.254. The molecule has 1 unspecified atom stereocenters. The summed E-state index contributed by atoms with van der Waals surface area (Å²) in [5.74, 6) is 0.776. The van der Waals surface area contributed by atoms with Gasteiger partial charge in [-0.2, -0.15) is 0 Å². The Kier molecular flexibility index (Phi) is 5.76. The minimum absolute atomic E-state index is 0.00498. The van der Waals surface area contributed by atoms with Crippen molar-refractivity contribution in [2.24, 2.45) is 0 Å². The van der Waals surface area contributed by atoms with Gasteiger partial charge in [0.15, 0.2) is 0 Å². The van der Waals surface area contributed by atoms with E-state index in [1.165, 1.54) is 0 Å². The van der Waals surface area contributed by atoms with Crippen molar-refractivity contribution in [2.75, 3.05) is 7.11 Å². The van der Waals surface area contributed by atoms with Crippen LogP contribution in [0.4, 0.5) is 0 Å². The molecule has 0 aromatic carbocycles. The van der Waals surface area contributed by atoms with Crippen LogP contribution in [0.15, 0.2) is 12.1 Å². The zero-order valence-corrected chi connectivity index (χ0v) is 12.3. The Balaban J connectivity index is 2.56.